The normalized spacial score (nSPS) is 15.6. The van der Waals surface area contributed by atoms with E-state index in [1.54, 1.807) is 6.20 Å². The van der Waals surface area contributed by atoms with E-state index in [2.05, 4.69) is 27.2 Å². The van der Waals surface area contributed by atoms with Crippen LogP contribution in [0.4, 0.5) is 0 Å². The van der Waals surface area contributed by atoms with Crippen LogP contribution in [0.3, 0.4) is 0 Å². The summed E-state index contributed by atoms with van der Waals surface area (Å²) in [7, 11) is 0. The summed E-state index contributed by atoms with van der Waals surface area (Å²) < 4.78 is 1.86. The third-order valence-corrected chi connectivity index (χ3v) is 3.80. The minimum Gasteiger partial charge on any atom is -0.220 e. The zero-order valence-electron chi connectivity index (χ0n) is 10.5. The predicted octanol–water partition coefficient (Wildman–Crippen LogP) is 3.06. The number of aromatic nitrogens is 4. The average Bonchev–Trinajstić information content (AvgIpc) is 2.80. The van der Waals surface area contributed by atoms with Crippen molar-refractivity contribution < 1.29 is 0 Å². The standard InChI is InChI=1S/C15H14N4/c1-2-5-11(6-3-1)13-9-10-16-15-17-14(18-19(13)15)12-7-4-8-12/h1-3,5-6,9-10,12H,4,7-8H2. The lowest BCUT2D eigenvalue weighted by atomic mass is 9.85. The topological polar surface area (TPSA) is 43.1 Å². The van der Waals surface area contributed by atoms with Crippen LogP contribution in [0.2, 0.25) is 0 Å². The molecule has 0 bridgehead atoms. The van der Waals surface area contributed by atoms with E-state index in [0.717, 1.165) is 17.1 Å². The van der Waals surface area contributed by atoms with Crippen LogP contribution < -0.4 is 0 Å². The molecule has 1 aromatic carbocycles. The Kier molecular flexibility index (Phi) is 2.33. The predicted molar refractivity (Wildman–Crippen MR) is 72.8 cm³/mol. The third kappa shape index (κ3) is 1.71. The SMILES string of the molecule is c1ccc(-c2ccnc3nc(C4CCC4)nn23)cc1. The quantitative estimate of drug-likeness (QED) is 0.702. The second-order valence-electron chi connectivity index (χ2n) is 5.01. The monoisotopic (exact) mass is 250 g/mol. The number of hydrogen-bond acceptors (Lipinski definition) is 3. The molecule has 0 aliphatic heterocycles. The van der Waals surface area contributed by atoms with Crippen LogP contribution in [-0.2, 0) is 0 Å². The van der Waals surface area contributed by atoms with E-state index in [1.807, 2.05) is 28.8 Å². The van der Waals surface area contributed by atoms with Gasteiger partial charge in [0, 0.05) is 17.7 Å². The smallest absolute Gasteiger partial charge is 0.220 e. The summed E-state index contributed by atoms with van der Waals surface area (Å²) in [6.45, 7) is 0. The molecule has 4 heteroatoms. The number of fused-ring (bicyclic) bond motifs is 1. The van der Waals surface area contributed by atoms with Gasteiger partial charge in [0.25, 0.3) is 5.78 Å². The Hall–Kier alpha value is -2.23. The zero-order chi connectivity index (χ0) is 12.7. The van der Waals surface area contributed by atoms with Gasteiger partial charge in [-0.3, -0.25) is 0 Å². The molecule has 4 nitrogen and oxygen atoms in total. The third-order valence-electron chi connectivity index (χ3n) is 3.80. The van der Waals surface area contributed by atoms with Crippen molar-refractivity contribution in [3.8, 4) is 11.3 Å². The minimum atomic E-state index is 0.533. The van der Waals surface area contributed by atoms with Crippen molar-refractivity contribution in [2.45, 2.75) is 25.2 Å². The fourth-order valence-corrected chi connectivity index (χ4v) is 2.48. The van der Waals surface area contributed by atoms with Gasteiger partial charge in [-0.25, -0.2) is 4.98 Å². The van der Waals surface area contributed by atoms with E-state index in [0.29, 0.717) is 11.7 Å². The van der Waals surface area contributed by atoms with Gasteiger partial charge in [0.15, 0.2) is 5.82 Å². The molecule has 94 valence electrons. The molecular weight excluding hydrogens is 236 g/mol. The molecule has 0 atom stereocenters. The van der Waals surface area contributed by atoms with Gasteiger partial charge in [0.1, 0.15) is 0 Å². The van der Waals surface area contributed by atoms with Crippen LogP contribution in [0.5, 0.6) is 0 Å². The van der Waals surface area contributed by atoms with Gasteiger partial charge in [0.05, 0.1) is 5.69 Å². The summed E-state index contributed by atoms with van der Waals surface area (Å²) in [5, 5.41) is 4.65. The highest BCUT2D eigenvalue weighted by atomic mass is 15.3. The van der Waals surface area contributed by atoms with E-state index < -0.39 is 0 Å². The van der Waals surface area contributed by atoms with Crippen LogP contribution in [0, 0.1) is 0 Å². The maximum Gasteiger partial charge on any atom is 0.252 e. The highest BCUT2D eigenvalue weighted by Gasteiger charge is 2.24. The van der Waals surface area contributed by atoms with Gasteiger partial charge in [-0.2, -0.15) is 9.50 Å². The van der Waals surface area contributed by atoms with Gasteiger partial charge in [-0.1, -0.05) is 36.8 Å². The van der Waals surface area contributed by atoms with Gasteiger partial charge >= 0.3 is 0 Å². The van der Waals surface area contributed by atoms with Crippen molar-refractivity contribution in [3.63, 3.8) is 0 Å². The van der Waals surface area contributed by atoms with Crippen LogP contribution in [0.1, 0.15) is 31.0 Å². The first-order valence-electron chi connectivity index (χ1n) is 6.69. The fourth-order valence-electron chi connectivity index (χ4n) is 2.48. The van der Waals surface area contributed by atoms with E-state index in [9.17, 15) is 0 Å². The van der Waals surface area contributed by atoms with Crippen molar-refractivity contribution in [3.05, 3.63) is 48.4 Å². The molecule has 19 heavy (non-hydrogen) atoms. The summed E-state index contributed by atoms with van der Waals surface area (Å²) in [4.78, 5) is 8.88. The first kappa shape index (κ1) is 10.7. The van der Waals surface area contributed by atoms with Crippen LogP contribution in [0.25, 0.3) is 17.0 Å². The lowest BCUT2D eigenvalue weighted by molar-refractivity contribution is 0.402. The number of rotatable bonds is 2. The van der Waals surface area contributed by atoms with Crippen molar-refractivity contribution >= 4 is 5.78 Å². The Morgan fingerprint density at radius 1 is 1.05 bits per heavy atom. The van der Waals surface area contributed by atoms with Crippen LogP contribution in [0.15, 0.2) is 42.6 Å². The fraction of sp³-hybridized carbons (Fsp3) is 0.267. The summed E-state index contributed by atoms with van der Waals surface area (Å²) in [5.74, 6) is 2.18. The van der Waals surface area contributed by atoms with E-state index >= 15 is 0 Å². The zero-order valence-corrected chi connectivity index (χ0v) is 10.5. The molecule has 0 radical (unpaired) electrons. The molecule has 1 fully saturated rings. The number of hydrogen-bond donors (Lipinski definition) is 0. The summed E-state index contributed by atoms with van der Waals surface area (Å²) in [6, 6.07) is 12.2. The molecule has 1 aliphatic rings. The molecule has 0 amide bonds. The minimum absolute atomic E-state index is 0.533. The number of nitrogens with zero attached hydrogens (tertiary/aromatic N) is 4. The van der Waals surface area contributed by atoms with Crippen molar-refractivity contribution in [1.29, 1.82) is 0 Å². The van der Waals surface area contributed by atoms with Gasteiger partial charge in [-0.05, 0) is 18.9 Å². The van der Waals surface area contributed by atoms with Gasteiger partial charge < -0.3 is 0 Å². The van der Waals surface area contributed by atoms with Crippen molar-refractivity contribution in [2.24, 2.45) is 0 Å². The second kappa shape index (κ2) is 4.16. The van der Waals surface area contributed by atoms with E-state index in [1.165, 1.54) is 19.3 Å². The molecule has 4 rings (SSSR count). The summed E-state index contributed by atoms with van der Waals surface area (Å²) >= 11 is 0. The molecular formula is C15H14N4. The maximum absolute atomic E-state index is 4.65. The maximum atomic E-state index is 4.65. The molecule has 0 saturated heterocycles. The molecule has 3 aromatic rings. The second-order valence-corrected chi connectivity index (χ2v) is 5.01. The van der Waals surface area contributed by atoms with Crippen LogP contribution >= 0.6 is 0 Å². The molecule has 0 spiro atoms. The molecule has 0 N–H and O–H groups in total. The van der Waals surface area contributed by atoms with Gasteiger partial charge in [-0.15, -0.1) is 5.10 Å². The Labute approximate surface area is 111 Å². The Morgan fingerprint density at radius 3 is 2.63 bits per heavy atom. The molecule has 1 saturated carbocycles. The van der Waals surface area contributed by atoms with Crippen molar-refractivity contribution in [2.75, 3.05) is 0 Å². The Morgan fingerprint density at radius 2 is 1.89 bits per heavy atom. The molecule has 0 unspecified atom stereocenters. The van der Waals surface area contributed by atoms with E-state index in [4.69, 9.17) is 0 Å². The Balaban J connectivity index is 1.89. The summed E-state index contributed by atoms with van der Waals surface area (Å²) in [6.07, 6.45) is 5.51. The average molecular weight is 250 g/mol. The Bertz CT molecular complexity index is 713. The first-order valence-corrected chi connectivity index (χ1v) is 6.69. The van der Waals surface area contributed by atoms with Crippen molar-refractivity contribution in [1.82, 2.24) is 19.6 Å². The highest BCUT2D eigenvalue weighted by Crippen LogP contribution is 2.34. The highest BCUT2D eigenvalue weighted by molar-refractivity contribution is 5.61. The van der Waals surface area contributed by atoms with E-state index in [-0.39, 0.29) is 0 Å². The molecule has 1 aliphatic carbocycles. The van der Waals surface area contributed by atoms with Crippen LogP contribution in [-0.4, -0.2) is 19.6 Å². The van der Waals surface area contributed by atoms with Gasteiger partial charge in [0.2, 0.25) is 0 Å². The lowest BCUT2D eigenvalue weighted by Gasteiger charge is -2.21. The lowest BCUT2D eigenvalue weighted by Crippen LogP contribution is -2.10. The molecule has 2 aromatic heterocycles. The first-order chi connectivity index (χ1) is 9.42. The molecule has 2 heterocycles. The largest absolute Gasteiger partial charge is 0.252 e. The number of benzene rings is 1. The summed E-state index contributed by atoms with van der Waals surface area (Å²) in [5.41, 5.74) is 2.18.